The molecule has 0 bridgehead atoms. The van der Waals surface area contributed by atoms with Crippen LogP contribution in [0.2, 0.25) is 0 Å². The summed E-state index contributed by atoms with van der Waals surface area (Å²) in [6.45, 7) is 94.3. The van der Waals surface area contributed by atoms with E-state index in [4.69, 9.17) is 4.74 Å². The second kappa shape index (κ2) is 240. The SMILES string of the molecule is C1=CN1.C1=CN=C1.CC.CC.CC.CC.CC.CC.CC.CC.CC.CC.CC.CC.CC.CC.CC.CC.CC.CC.CC.CC.CC.CC1=C(C)O1.CC1=C(C)S1.Cc1ccccc1.c1c[nH]cn1.c1cc[nH]c1.c1ccoc1.c1ccsc1.c1cocn1.c1cscn1.c1ncon1.c1ncsn1. The van der Waals surface area contributed by atoms with Crippen LogP contribution in [0.15, 0.2) is 246 Å². The average molecular weight is 1570 g/mol. The van der Waals surface area contributed by atoms with Crippen molar-refractivity contribution in [3.05, 3.63) is 233 Å². The Morgan fingerprint density at radius 1 is 0.358 bits per heavy atom. The number of thiophene rings is 1. The summed E-state index contributed by atoms with van der Waals surface area (Å²) >= 11 is 6.55. The lowest BCUT2D eigenvalue weighted by Gasteiger charge is -1.82. The molecule has 0 radical (unpaired) electrons. The minimum absolute atomic E-state index is 1.09. The summed E-state index contributed by atoms with van der Waals surface area (Å²) in [6, 6.07) is 21.9. The fourth-order valence-corrected chi connectivity index (χ4v) is 4.08. The molecule has 0 aliphatic carbocycles. The topological polar surface area (TPSA) is 208 Å². The number of imidazole rings is 1. The van der Waals surface area contributed by atoms with E-state index in [1.54, 1.807) is 89.8 Å². The highest BCUT2D eigenvalue weighted by Crippen LogP contribution is 2.43. The molecule has 13 rings (SSSR count). The number of nitrogens with one attached hydrogen (secondary N) is 3. The number of nitrogens with zero attached hydrogens (tertiary/aromatic N) is 8. The number of H-pyrrole nitrogens is 2. The third kappa shape index (κ3) is 266. The molecule has 0 saturated heterocycles. The highest BCUT2D eigenvalue weighted by atomic mass is 32.2. The third-order valence-corrected chi connectivity index (χ3v) is 8.59. The Bertz CT molecular complexity index is 1740. The largest absolute Gasteiger partial charge is 0.473 e. The number of allylic oxidation sites excluding steroid dienone is 5. The van der Waals surface area contributed by atoms with Gasteiger partial charge in [0.2, 0.25) is 6.39 Å². The standard InChI is InChI=1S/C7H8.C4H5N.C4H6O.C4H4O.C4H6S.C4H4S.C3H4N2.C3H3NO.C3H3NS.C3H3N.C2H2N2O.C2H2N2S.C2H3N.21C2H6/c1-7-5-3-2-4-6-7;1-2-4-5-3-1;1-3-4(2)5-3;1-2-4-5-3-1;1-3-4(2)5-3;1-2-4-5-3-1;3*1-2-5-3-4-1;1-2-4-3-1;2*1-3-2-5-4-1;1-2-3-1;21*1-2/h2-6H,1H3;1-5H;1-2H3;1-4H;1-2H3;1-4H;1-3H,(H,4,5);2*1-3H;1-3H;2*1-2H;1-3H;21*1-2H3. The van der Waals surface area contributed by atoms with Gasteiger partial charge >= 0.3 is 0 Å². The lowest BCUT2D eigenvalue weighted by Crippen LogP contribution is -1.67. The van der Waals surface area contributed by atoms with E-state index in [0.29, 0.717) is 0 Å². The molecule has 0 saturated carbocycles. The number of aliphatic imine (C=N–C) groups is 1. The van der Waals surface area contributed by atoms with Gasteiger partial charge in [-0.05, 0) is 97.1 Å². The molecule has 0 amide bonds. The van der Waals surface area contributed by atoms with E-state index < -0.39 is 0 Å². The predicted octanol–water partition coefficient (Wildman–Crippen LogP) is 34.3. The first kappa shape index (κ1) is 156. The lowest BCUT2D eigenvalue weighted by molar-refractivity contribution is 0.416. The Kier molecular flexibility index (Phi) is 353. The summed E-state index contributed by atoms with van der Waals surface area (Å²) in [6.07, 6.45) is 31.6. The van der Waals surface area contributed by atoms with Gasteiger partial charge in [-0.25, -0.2) is 19.9 Å². The molecule has 0 spiro atoms. The van der Waals surface area contributed by atoms with E-state index in [1.807, 2.05) is 418 Å². The van der Waals surface area contributed by atoms with Crippen molar-refractivity contribution in [2.45, 2.75) is 325 Å². The van der Waals surface area contributed by atoms with Gasteiger partial charge in [0.05, 0.1) is 30.6 Å². The van der Waals surface area contributed by atoms with Gasteiger partial charge in [-0.2, -0.15) is 15.7 Å². The van der Waals surface area contributed by atoms with Gasteiger partial charge in [0.1, 0.15) is 29.6 Å². The molecule has 12 heterocycles. The van der Waals surface area contributed by atoms with Crippen molar-refractivity contribution in [2.24, 2.45) is 4.99 Å². The third-order valence-electron chi connectivity index (χ3n) is 5.98. The molecular formula is C87H179N11O4S4. The van der Waals surface area contributed by atoms with Crippen LogP contribution in [-0.4, -0.2) is 50.6 Å². The summed E-state index contributed by atoms with van der Waals surface area (Å²) in [5.74, 6) is 2.18. The van der Waals surface area contributed by atoms with Gasteiger partial charge in [0.25, 0.3) is 0 Å². The Balaban J connectivity index is -0.0000000374. The number of aromatic nitrogens is 9. The molecule has 0 unspecified atom stereocenters. The second-order valence-electron chi connectivity index (χ2n) is 11.0. The van der Waals surface area contributed by atoms with Crippen LogP contribution < -0.4 is 5.32 Å². The van der Waals surface area contributed by atoms with Crippen LogP contribution in [0.1, 0.15) is 324 Å². The van der Waals surface area contributed by atoms with Crippen LogP contribution in [0.25, 0.3) is 0 Å². The fourth-order valence-electron chi connectivity index (χ4n) is 2.60. The molecule has 15 nitrogen and oxygen atoms in total. The van der Waals surface area contributed by atoms with Crippen LogP contribution in [0.3, 0.4) is 0 Å². The smallest absolute Gasteiger partial charge is 0.213 e. The molecule has 106 heavy (non-hydrogen) atoms. The summed E-state index contributed by atoms with van der Waals surface area (Å²) < 4.78 is 21.7. The summed E-state index contributed by atoms with van der Waals surface area (Å²) in [7, 11) is 0. The van der Waals surface area contributed by atoms with Gasteiger partial charge in [0.15, 0.2) is 12.7 Å². The average Bonchev–Trinajstić information content (AvgIpc) is 1.77. The van der Waals surface area contributed by atoms with Gasteiger partial charge in [0, 0.05) is 61.2 Å². The first-order valence-corrected chi connectivity index (χ1v) is 43.3. The maximum atomic E-state index is 4.75. The predicted molar refractivity (Wildman–Crippen MR) is 500 cm³/mol. The molecular weight excluding hydrogens is 1390 g/mol. The summed E-state index contributed by atoms with van der Waals surface area (Å²) in [5.41, 5.74) is 4.79. The number of furan rings is 1. The van der Waals surface area contributed by atoms with E-state index >= 15 is 0 Å². The van der Waals surface area contributed by atoms with Gasteiger partial charge in [-0.1, -0.05) is 356 Å². The highest BCUT2D eigenvalue weighted by molar-refractivity contribution is 8.13. The number of hydrogen-bond acceptors (Lipinski definition) is 17. The van der Waals surface area contributed by atoms with Crippen LogP contribution in [-0.2, 0) is 4.74 Å². The van der Waals surface area contributed by atoms with Crippen LogP contribution in [0, 0.1) is 6.92 Å². The number of thiazole rings is 1. The molecule has 9 aromatic rings. The number of aryl methyl sites for hydroxylation is 1. The minimum atomic E-state index is 1.09. The van der Waals surface area contributed by atoms with Crippen LogP contribution in [0.4, 0.5) is 0 Å². The molecule has 8 aromatic heterocycles. The molecule has 0 atom stereocenters. The molecule has 4 aliphatic rings. The first-order chi connectivity index (χ1) is 52.5. The Hall–Kier alpha value is -7.19. The molecule has 4 aliphatic heterocycles. The number of aromatic amines is 2. The Morgan fingerprint density at radius 2 is 0.755 bits per heavy atom. The monoisotopic (exact) mass is 1570 g/mol. The molecule has 19 heteroatoms. The van der Waals surface area contributed by atoms with Crippen molar-refractivity contribution < 1.29 is 18.1 Å². The van der Waals surface area contributed by atoms with Crippen molar-refractivity contribution in [1.82, 2.24) is 49.7 Å². The lowest BCUT2D eigenvalue weighted by atomic mass is 10.2. The minimum Gasteiger partial charge on any atom is -0.473 e. The van der Waals surface area contributed by atoms with Gasteiger partial charge < -0.3 is 33.4 Å². The molecule has 0 fully saturated rings. The fraction of sp³-hybridized carbons (Fsp3) is 0.540. The van der Waals surface area contributed by atoms with E-state index in [0.717, 1.165) is 11.5 Å². The number of thioether (sulfide) groups is 1. The van der Waals surface area contributed by atoms with Crippen LogP contribution >= 0.6 is 46.0 Å². The van der Waals surface area contributed by atoms with Crippen molar-refractivity contribution in [3.63, 3.8) is 0 Å². The molecule has 1 aromatic carbocycles. The highest BCUT2D eigenvalue weighted by Gasteiger charge is 2.11. The van der Waals surface area contributed by atoms with Gasteiger partial charge in [-0.3, -0.25) is 9.98 Å². The van der Waals surface area contributed by atoms with Crippen molar-refractivity contribution in [1.29, 1.82) is 0 Å². The Labute approximate surface area is 679 Å². The zero-order valence-electron chi connectivity index (χ0n) is 78.1. The Morgan fingerprint density at radius 3 is 0.849 bits per heavy atom. The molecule has 630 valence electrons. The first-order valence-electron chi connectivity index (χ1n) is 39.8. The van der Waals surface area contributed by atoms with Crippen molar-refractivity contribution in [3.8, 4) is 0 Å². The quantitative estimate of drug-likeness (QED) is 0.129. The van der Waals surface area contributed by atoms with Crippen molar-refractivity contribution in [2.75, 3.05) is 0 Å². The van der Waals surface area contributed by atoms with E-state index in [-0.39, 0.29) is 0 Å². The zero-order chi connectivity index (χ0) is 88.1. The second-order valence-corrected chi connectivity index (χ2v) is 14.6. The summed E-state index contributed by atoms with van der Waals surface area (Å²) in [5, 5.41) is 12.0. The maximum Gasteiger partial charge on any atom is 0.213 e. The summed E-state index contributed by atoms with van der Waals surface area (Å²) in [4.78, 5) is 30.3. The number of rotatable bonds is 0. The van der Waals surface area contributed by atoms with Crippen molar-refractivity contribution >= 4 is 52.2 Å². The van der Waals surface area contributed by atoms with E-state index in [1.165, 1.54) is 58.6 Å². The molecule has 3 N–H and O–H groups in total. The number of hydrogen-bond donors (Lipinski definition) is 3. The van der Waals surface area contributed by atoms with E-state index in [2.05, 4.69) is 101 Å². The zero-order valence-corrected chi connectivity index (χ0v) is 81.3. The number of benzene rings is 1. The van der Waals surface area contributed by atoms with Crippen LogP contribution in [0.5, 0.6) is 0 Å². The maximum absolute atomic E-state index is 4.75. The van der Waals surface area contributed by atoms with Gasteiger partial charge in [-0.15, -0.1) is 11.3 Å². The number of ether oxygens (including phenoxy) is 1. The normalized spacial score (nSPS) is 7.69. The number of oxazole rings is 1. The van der Waals surface area contributed by atoms with E-state index in [9.17, 15) is 0 Å².